The van der Waals surface area contributed by atoms with Crippen LogP contribution in [0.25, 0.3) is 5.65 Å². The maximum absolute atomic E-state index is 8.52. The fourth-order valence-electron chi connectivity index (χ4n) is 1.51. The molecule has 2 heterocycles. The Morgan fingerprint density at radius 3 is 2.71 bits per heavy atom. The van der Waals surface area contributed by atoms with Gasteiger partial charge in [-0.15, -0.1) is 10.2 Å². The minimum atomic E-state index is 0.269. The lowest BCUT2D eigenvalue weighted by Gasteiger charge is -2.05. The summed E-state index contributed by atoms with van der Waals surface area (Å²) in [5, 5.41) is 19.6. The fraction of sp³-hybridized carbons (Fsp3) is 0.417. The molecule has 0 aliphatic carbocycles. The topological polar surface area (TPSA) is 66.0 Å². The monoisotopic (exact) mass is 231 g/mol. The zero-order valence-corrected chi connectivity index (χ0v) is 10.7. The van der Waals surface area contributed by atoms with Crippen LogP contribution < -0.4 is 5.32 Å². The summed E-state index contributed by atoms with van der Waals surface area (Å²) in [5.41, 5.74) is 2.70. The number of pyridine rings is 1. The zero-order chi connectivity index (χ0) is 12.8. The van der Waals surface area contributed by atoms with Gasteiger partial charge in [0.15, 0.2) is 5.65 Å². The van der Waals surface area contributed by atoms with E-state index in [-0.39, 0.29) is 6.54 Å². The molecule has 0 spiro atoms. The number of aryl methyl sites for hydroxylation is 2. The van der Waals surface area contributed by atoms with Crippen LogP contribution in [-0.2, 0) is 0 Å². The number of nitrogens with one attached hydrogen (secondary N) is 1. The van der Waals surface area contributed by atoms with Gasteiger partial charge in [0.2, 0.25) is 0 Å². The highest BCUT2D eigenvalue weighted by Crippen LogP contribution is 2.17. The summed E-state index contributed by atoms with van der Waals surface area (Å²) in [5.74, 6) is 0.841. The second-order valence-electron chi connectivity index (χ2n) is 3.38. The number of fused-ring (bicyclic) bond motifs is 1. The lowest BCUT2D eigenvalue weighted by atomic mass is 10.3. The van der Waals surface area contributed by atoms with Gasteiger partial charge in [0.25, 0.3) is 0 Å². The second kappa shape index (κ2) is 5.85. The van der Waals surface area contributed by atoms with Gasteiger partial charge in [-0.3, -0.25) is 4.40 Å². The summed E-state index contributed by atoms with van der Waals surface area (Å²) in [4.78, 5) is 0. The van der Waals surface area contributed by atoms with E-state index >= 15 is 0 Å². The SMILES string of the molecule is CC.Cc1cc(NCC#N)c2nnc(C)n2c1. The molecule has 0 unspecified atom stereocenters. The summed E-state index contributed by atoms with van der Waals surface area (Å²) in [6.07, 6.45) is 1.97. The van der Waals surface area contributed by atoms with Gasteiger partial charge >= 0.3 is 0 Å². The molecule has 0 aliphatic rings. The first-order chi connectivity index (χ1) is 8.22. The summed E-state index contributed by atoms with van der Waals surface area (Å²) in [6.45, 7) is 8.16. The van der Waals surface area contributed by atoms with Crippen LogP contribution >= 0.6 is 0 Å². The predicted octanol–water partition coefficient (Wildman–Crippen LogP) is 2.31. The van der Waals surface area contributed by atoms with Crippen LogP contribution in [0.1, 0.15) is 25.2 Å². The minimum Gasteiger partial charge on any atom is -0.369 e. The third-order valence-corrected chi connectivity index (χ3v) is 2.17. The molecule has 17 heavy (non-hydrogen) atoms. The van der Waals surface area contributed by atoms with Crippen molar-refractivity contribution in [2.75, 3.05) is 11.9 Å². The smallest absolute Gasteiger partial charge is 0.184 e. The van der Waals surface area contributed by atoms with Crippen molar-refractivity contribution in [2.24, 2.45) is 0 Å². The molecule has 0 amide bonds. The standard InChI is InChI=1S/C10H11N5.C2H6/c1-7-5-9(12-4-3-11)10-14-13-8(2)15(10)6-7;1-2/h5-6,12H,4H2,1-2H3;1-2H3. The molecule has 0 saturated heterocycles. The van der Waals surface area contributed by atoms with E-state index in [2.05, 4.69) is 15.5 Å². The minimum absolute atomic E-state index is 0.269. The van der Waals surface area contributed by atoms with E-state index in [0.717, 1.165) is 22.7 Å². The number of anilines is 1. The molecule has 0 bridgehead atoms. The quantitative estimate of drug-likeness (QED) is 0.805. The molecule has 0 atom stereocenters. The van der Waals surface area contributed by atoms with Crippen molar-refractivity contribution < 1.29 is 0 Å². The predicted molar refractivity (Wildman–Crippen MR) is 67.9 cm³/mol. The summed E-state index contributed by atoms with van der Waals surface area (Å²) < 4.78 is 1.91. The highest BCUT2D eigenvalue weighted by Gasteiger charge is 2.06. The number of hydrogen-bond acceptors (Lipinski definition) is 4. The van der Waals surface area contributed by atoms with Crippen molar-refractivity contribution in [3.05, 3.63) is 23.7 Å². The van der Waals surface area contributed by atoms with Crippen molar-refractivity contribution in [3.63, 3.8) is 0 Å². The van der Waals surface area contributed by atoms with Crippen LogP contribution in [0.5, 0.6) is 0 Å². The van der Waals surface area contributed by atoms with Crippen LogP contribution in [0.3, 0.4) is 0 Å². The van der Waals surface area contributed by atoms with Gasteiger partial charge in [0, 0.05) is 6.20 Å². The van der Waals surface area contributed by atoms with E-state index in [0.29, 0.717) is 0 Å². The van der Waals surface area contributed by atoms with Gasteiger partial charge in [-0.05, 0) is 25.5 Å². The van der Waals surface area contributed by atoms with Gasteiger partial charge in [0.05, 0.1) is 11.8 Å². The molecule has 0 fully saturated rings. The van der Waals surface area contributed by atoms with Crippen LogP contribution in [-0.4, -0.2) is 21.1 Å². The van der Waals surface area contributed by atoms with E-state index < -0.39 is 0 Å². The largest absolute Gasteiger partial charge is 0.369 e. The summed E-state index contributed by atoms with van der Waals surface area (Å²) >= 11 is 0. The first-order valence-electron chi connectivity index (χ1n) is 5.65. The molecule has 2 aromatic heterocycles. The first kappa shape index (κ1) is 13.0. The molecular weight excluding hydrogens is 214 g/mol. The van der Waals surface area contributed by atoms with Crippen LogP contribution in [0, 0.1) is 25.2 Å². The zero-order valence-electron chi connectivity index (χ0n) is 10.7. The molecule has 90 valence electrons. The Hall–Kier alpha value is -2.09. The molecule has 0 saturated carbocycles. The van der Waals surface area contributed by atoms with Crippen molar-refractivity contribution in [2.45, 2.75) is 27.7 Å². The molecule has 5 heteroatoms. The molecular formula is C12H17N5. The van der Waals surface area contributed by atoms with Crippen molar-refractivity contribution in [1.29, 1.82) is 5.26 Å². The van der Waals surface area contributed by atoms with Gasteiger partial charge in [-0.2, -0.15) is 5.26 Å². The maximum atomic E-state index is 8.52. The average molecular weight is 231 g/mol. The van der Waals surface area contributed by atoms with Crippen LogP contribution in [0.2, 0.25) is 0 Å². The van der Waals surface area contributed by atoms with Crippen molar-refractivity contribution in [1.82, 2.24) is 14.6 Å². The van der Waals surface area contributed by atoms with E-state index in [1.54, 1.807) is 0 Å². The summed E-state index contributed by atoms with van der Waals surface area (Å²) in [6, 6.07) is 4.00. The van der Waals surface area contributed by atoms with Crippen molar-refractivity contribution >= 4 is 11.3 Å². The Kier molecular flexibility index (Phi) is 4.46. The number of nitrogens with zero attached hydrogens (tertiary/aromatic N) is 4. The Morgan fingerprint density at radius 2 is 2.06 bits per heavy atom. The number of hydrogen-bond donors (Lipinski definition) is 1. The number of nitriles is 1. The van der Waals surface area contributed by atoms with Gasteiger partial charge < -0.3 is 5.32 Å². The van der Waals surface area contributed by atoms with E-state index in [1.165, 1.54) is 0 Å². The second-order valence-corrected chi connectivity index (χ2v) is 3.38. The molecule has 0 aromatic carbocycles. The van der Waals surface area contributed by atoms with Crippen LogP contribution in [0.15, 0.2) is 12.3 Å². The Morgan fingerprint density at radius 1 is 1.35 bits per heavy atom. The highest BCUT2D eigenvalue weighted by atomic mass is 15.3. The van der Waals surface area contributed by atoms with E-state index in [9.17, 15) is 0 Å². The third kappa shape index (κ3) is 2.72. The van der Waals surface area contributed by atoms with E-state index in [4.69, 9.17) is 5.26 Å². The number of rotatable bonds is 2. The van der Waals surface area contributed by atoms with Gasteiger partial charge in [-0.1, -0.05) is 13.8 Å². The molecule has 1 N–H and O–H groups in total. The summed E-state index contributed by atoms with van der Waals surface area (Å²) in [7, 11) is 0. The third-order valence-electron chi connectivity index (χ3n) is 2.17. The molecule has 5 nitrogen and oxygen atoms in total. The number of aromatic nitrogens is 3. The fourth-order valence-corrected chi connectivity index (χ4v) is 1.51. The Labute approximate surface area is 101 Å². The first-order valence-corrected chi connectivity index (χ1v) is 5.65. The maximum Gasteiger partial charge on any atom is 0.184 e. The Balaban J connectivity index is 0.000000686. The van der Waals surface area contributed by atoms with E-state index in [1.807, 2.05) is 50.4 Å². The van der Waals surface area contributed by atoms with Gasteiger partial charge in [0.1, 0.15) is 12.4 Å². The van der Waals surface area contributed by atoms with Crippen molar-refractivity contribution in [3.8, 4) is 6.07 Å². The average Bonchev–Trinajstić information content (AvgIpc) is 2.71. The highest BCUT2D eigenvalue weighted by molar-refractivity contribution is 5.68. The molecule has 2 aromatic rings. The molecule has 0 aliphatic heterocycles. The molecule has 0 radical (unpaired) electrons. The van der Waals surface area contributed by atoms with Crippen LogP contribution in [0.4, 0.5) is 5.69 Å². The lowest BCUT2D eigenvalue weighted by Crippen LogP contribution is -2.02. The van der Waals surface area contributed by atoms with Gasteiger partial charge in [-0.25, -0.2) is 0 Å². The lowest BCUT2D eigenvalue weighted by molar-refractivity contribution is 1.00. The molecule has 2 rings (SSSR count). The Bertz CT molecular complexity index is 536. The normalized spacial score (nSPS) is 9.35.